The third kappa shape index (κ3) is 5.53. The van der Waals surface area contributed by atoms with Crippen LogP contribution in [0.2, 0.25) is 0 Å². The molecule has 0 aliphatic rings. The van der Waals surface area contributed by atoms with Gasteiger partial charge in [0.2, 0.25) is 0 Å². The van der Waals surface area contributed by atoms with Gasteiger partial charge in [-0.1, -0.05) is 40.0 Å². The van der Waals surface area contributed by atoms with E-state index in [1.165, 1.54) is 29.5 Å². The van der Waals surface area contributed by atoms with Gasteiger partial charge in [-0.15, -0.1) is 0 Å². The highest BCUT2D eigenvalue weighted by atomic mass is 16.4. The van der Waals surface area contributed by atoms with Crippen molar-refractivity contribution in [2.24, 2.45) is 0 Å². The second-order valence-electron chi connectivity index (χ2n) is 5.89. The maximum atomic E-state index is 11.4. The third-order valence-electron chi connectivity index (χ3n) is 4.06. The Bertz CT molecular complexity index is 420. The predicted octanol–water partition coefficient (Wildman–Crippen LogP) is 5.41. The first kappa shape index (κ1) is 17.7. The van der Waals surface area contributed by atoms with Crippen LogP contribution in [0, 0.1) is 0 Å². The molecule has 0 amide bonds. The summed E-state index contributed by atoms with van der Waals surface area (Å²) in [5.41, 5.74) is 4.45. The van der Waals surface area contributed by atoms with E-state index in [1.807, 2.05) is 12.1 Å². The summed E-state index contributed by atoms with van der Waals surface area (Å²) in [4.78, 5) is 11.4. The summed E-state index contributed by atoms with van der Waals surface area (Å²) in [6, 6.07) is 3.83. The zero-order valence-corrected chi connectivity index (χ0v) is 13.9. The summed E-state index contributed by atoms with van der Waals surface area (Å²) in [7, 11) is 0. The van der Waals surface area contributed by atoms with Gasteiger partial charge in [0.05, 0.1) is 5.56 Å². The van der Waals surface area contributed by atoms with Crippen LogP contribution in [0.1, 0.15) is 86.3 Å². The molecule has 0 spiro atoms. The van der Waals surface area contributed by atoms with Crippen LogP contribution in [0.25, 0.3) is 0 Å². The van der Waals surface area contributed by atoms with E-state index >= 15 is 0 Å². The van der Waals surface area contributed by atoms with Gasteiger partial charge in [-0.05, 0) is 67.3 Å². The van der Waals surface area contributed by atoms with Crippen LogP contribution >= 0.6 is 0 Å². The normalized spacial score (nSPS) is 10.8. The average molecular weight is 290 g/mol. The van der Waals surface area contributed by atoms with Gasteiger partial charge in [-0.3, -0.25) is 0 Å². The molecular formula is C19H30O2. The molecule has 21 heavy (non-hydrogen) atoms. The molecular weight excluding hydrogens is 260 g/mol. The number of hydrogen-bond acceptors (Lipinski definition) is 1. The Labute approximate surface area is 129 Å². The molecule has 0 bridgehead atoms. The number of aryl methyl sites for hydroxylation is 2. The second-order valence-corrected chi connectivity index (χ2v) is 5.89. The lowest BCUT2D eigenvalue weighted by atomic mass is 9.89. The highest BCUT2D eigenvalue weighted by Crippen LogP contribution is 2.24. The molecule has 1 N–H and O–H groups in total. The highest BCUT2D eigenvalue weighted by Gasteiger charge is 2.13. The van der Waals surface area contributed by atoms with Crippen LogP contribution in [-0.2, 0) is 19.3 Å². The summed E-state index contributed by atoms with van der Waals surface area (Å²) in [5.74, 6) is -0.799. The van der Waals surface area contributed by atoms with Gasteiger partial charge in [0.25, 0.3) is 0 Å². The predicted molar refractivity (Wildman–Crippen MR) is 89.2 cm³/mol. The molecule has 0 aliphatic carbocycles. The molecule has 0 heterocycles. The fourth-order valence-electron chi connectivity index (χ4n) is 2.78. The van der Waals surface area contributed by atoms with Crippen LogP contribution in [-0.4, -0.2) is 11.1 Å². The lowest BCUT2D eigenvalue weighted by Crippen LogP contribution is -2.07. The van der Waals surface area contributed by atoms with Crippen molar-refractivity contribution in [3.05, 3.63) is 34.4 Å². The van der Waals surface area contributed by atoms with E-state index < -0.39 is 5.97 Å². The highest BCUT2D eigenvalue weighted by molar-refractivity contribution is 5.88. The SMILES string of the molecule is CCCCc1cc(C(=O)O)cc(CCCC)c1CCCC. The molecule has 1 rings (SSSR count). The number of rotatable bonds is 10. The van der Waals surface area contributed by atoms with E-state index in [9.17, 15) is 9.90 Å². The first-order valence-corrected chi connectivity index (χ1v) is 8.51. The van der Waals surface area contributed by atoms with E-state index in [1.54, 1.807) is 0 Å². The van der Waals surface area contributed by atoms with Crippen molar-refractivity contribution in [2.75, 3.05) is 0 Å². The van der Waals surface area contributed by atoms with Gasteiger partial charge in [0, 0.05) is 0 Å². The van der Waals surface area contributed by atoms with Crippen LogP contribution in [0.5, 0.6) is 0 Å². The summed E-state index contributed by atoms with van der Waals surface area (Å²) in [6.45, 7) is 6.58. The van der Waals surface area contributed by atoms with E-state index in [0.717, 1.165) is 44.9 Å². The number of unbranched alkanes of at least 4 members (excludes halogenated alkanes) is 3. The Balaban J connectivity index is 3.18. The minimum atomic E-state index is -0.799. The second kappa shape index (κ2) is 9.59. The Morgan fingerprint density at radius 2 is 1.29 bits per heavy atom. The van der Waals surface area contributed by atoms with Crippen LogP contribution in [0.15, 0.2) is 12.1 Å². The van der Waals surface area contributed by atoms with Gasteiger partial charge in [-0.2, -0.15) is 0 Å². The van der Waals surface area contributed by atoms with Gasteiger partial charge in [0.1, 0.15) is 0 Å². The van der Waals surface area contributed by atoms with Crippen molar-refractivity contribution < 1.29 is 9.90 Å². The summed E-state index contributed by atoms with van der Waals surface area (Å²) < 4.78 is 0. The number of hydrogen-bond donors (Lipinski definition) is 1. The molecule has 1 aromatic carbocycles. The quantitative estimate of drug-likeness (QED) is 0.625. The van der Waals surface area contributed by atoms with Crippen molar-refractivity contribution in [1.29, 1.82) is 0 Å². The van der Waals surface area contributed by atoms with Crippen molar-refractivity contribution in [3.8, 4) is 0 Å². The molecule has 0 saturated heterocycles. The van der Waals surface area contributed by atoms with Gasteiger partial charge < -0.3 is 5.11 Å². The molecule has 118 valence electrons. The minimum Gasteiger partial charge on any atom is -0.478 e. The lowest BCUT2D eigenvalue weighted by molar-refractivity contribution is 0.0696. The van der Waals surface area contributed by atoms with E-state index in [-0.39, 0.29) is 0 Å². The van der Waals surface area contributed by atoms with Crippen LogP contribution in [0.4, 0.5) is 0 Å². The first-order chi connectivity index (χ1) is 10.1. The van der Waals surface area contributed by atoms with Gasteiger partial charge in [0.15, 0.2) is 0 Å². The first-order valence-electron chi connectivity index (χ1n) is 8.51. The largest absolute Gasteiger partial charge is 0.478 e. The maximum Gasteiger partial charge on any atom is 0.335 e. The molecule has 2 nitrogen and oxygen atoms in total. The average Bonchev–Trinajstić information content (AvgIpc) is 2.48. The van der Waals surface area contributed by atoms with Crippen molar-refractivity contribution >= 4 is 5.97 Å². The number of carboxylic acid groups (broad SMARTS) is 1. The zero-order chi connectivity index (χ0) is 15.7. The fourth-order valence-corrected chi connectivity index (χ4v) is 2.78. The number of carboxylic acids is 1. The molecule has 0 aliphatic heterocycles. The smallest absolute Gasteiger partial charge is 0.335 e. The van der Waals surface area contributed by atoms with Crippen LogP contribution in [0.3, 0.4) is 0 Å². The van der Waals surface area contributed by atoms with Crippen molar-refractivity contribution in [1.82, 2.24) is 0 Å². The summed E-state index contributed by atoms with van der Waals surface area (Å²) in [6.07, 6.45) is 10.0. The van der Waals surface area contributed by atoms with E-state index in [0.29, 0.717) is 5.56 Å². The number of aromatic carboxylic acids is 1. The van der Waals surface area contributed by atoms with Gasteiger partial charge in [-0.25, -0.2) is 4.79 Å². The number of carbonyl (C=O) groups is 1. The van der Waals surface area contributed by atoms with Crippen molar-refractivity contribution in [2.45, 2.75) is 78.6 Å². The Morgan fingerprint density at radius 3 is 1.67 bits per heavy atom. The standard InChI is InChI=1S/C19H30O2/c1-4-7-10-15-13-17(19(20)21)14-16(11-8-5-2)18(15)12-9-6-3/h13-14H,4-12H2,1-3H3,(H,20,21). The molecule has 0 radical (unpaired) electrons. The van der Waals surface area contributed by atoms with E-state index in [2.05, 4.69) is 20.8 Å². The molecule has 0 atom stereocenters. The fraction of sp³-hybridized carbons (Fsp3) is 0.632. The molecule has 0 unspecified atom stereocenters. The number of benzene rings is 1. The molecule has 0 fully saturated rings. The lowest BCUT2D eigenvalue weighted by Gasteiger charge is -2.16. The van der Waals surface area contributed by atoms with Crippen molar-refractivity contribution in [3.63, 3.8) is 0 Å². The van der Waals surface area contributed by atoms with E-state index in [4.69, 9.17) is 0 Å². The Kier molecular flexibility index (Phi) is 8.11. The Hall–Kier alpha value is -1.31. The summed E-state index contributed by atoms with van der Waals surface area (Å²) >= 11 is 0. The molecule has 0 saturated carbocycles. The molecule has 1 aromatic rings. The topological polar surface area (TPSA) is 37.3 Å². The monoisotopic (exact) mass is 290 g/mol. The zero-order valence-electron chi connectivity index (χ0n) is 13.9. The van der Waals surface area contributed by atoms with Crippen LogP contribution < -0.4 is 0 Å². The van der Waals surface area contributed by atoms with Gasteiger partial charge >= 0.3 is 5.97 Å². The molecule has 2 heteroatoms. The minimum absolute atomic E-state index is 0.465. The molecule has 0 aromatic heterocycles. The third-order valence-corrected chi connectivity index (χ3v) is 4.06. The Morgan fingerprint density at radius 1 is 0.857 bits per heavy atom. The summed E-state index contributed by atoms with van der Waals surface area (Å²) in [5, 5.41) is 9.35. The maximum absolute atomic E-state index is 11.4.